The van der Waals surface area contributed by atoms with Gasteiger partial charge < -0.3 is 10.1 Å². The third-order valence-electron chi connectivity index (χ3n) is 4.36. The molecule has 0 bridgehead atoms. The van der Waals surface area contributed by atoms with Crippen LogP contribution in [0.1, 0.15) is 16.1 Å². The van der Waals surface area contributed by atoms with Gasteiger partial charge in [0.15, 0.2) is 4.96 Å². The molecule has 0 fully saturated rings. The number of hydrogen-bond acceptors (Lipinski definition) is 5. The van der Waals surface area contributed by atoms with Gasteiger partial charge in [-0.15, -0.1) is 11.3 Å². The molecule has 4 aromatic rings. The average Bonchev–Trinajstić information content (AvgIpc) is 3.32. The number of hydrogen-bond donors (Lipinski definition) is 1. The molecular weight excluding hydrogens is 393 g/mol. The first kappa shape index (κ1) is 18.8. The van der Waals surface area contributed by atoms with E-state index in [0.717, 1.165) is 28.0 Å². The van der Waals surface area contributed by atoms with Gasteiger partial charge in [0, 0.05) is 22.8 Å². The molecule has 29 heavy (non-hydrogen) atoms. The number of fused-ring (bicyclic) bond motifs is 1. The lowest BCUT2D eigenvalue weighted by Gasteiger charge is -2.08. The molecule has 4 rings (SSSR count). The van der Waals surface area contributed by atoms with Crippen LogP contribution >= 0.6 is 11.3 Å². The van der Waals surface area contributed by atoms with E-state index in [1.807, 2.05) is 46.3 Å². The van der Waals surface area contributed by atoms with Crippen LogP contribution in [-0.4, -0.2) is 28.4 Å². The van der Waals surface area contributed by atoms with E-state index in [1.165, 1.54) is 30.6 Å². The number of halogens is 1. The lowest BCUT2D eigenvalue weighted by atomic mass is 10.2. The molecule has 0 aliphatic rings. The van der Waals surface area contributed by atoms with E-state index >= 15 is 0 Å². The molecule has 1 amide bonds. The number of nitrogens with one attached hydrogen (secondary N) is 1. The first-order valence-corrected chi connectivity index (χ1v) is 9.61. The number of benzene rings is 2. The molecule has 6 nitrogen and oxygen atoms in total. The summed E-state index contributed by atoms with van der Waals surface area (Å²) in [6.07, 6.45) is 1.91. The summed E-state index contributed by atoms with van der Waals surface area (Å²) >= 11 is 1.43. The highest BCUT2D eigenvalue weighted by Gasteiger charge is 2.15. The molecule has 8 heteroatoms. The highest BCUT2D eigenvalue weighted by atomic mass is 32.1. The van der Waals surface area contributed by atoms with Crippen molar-refractivity contribution in [2.45, 2.75) is 6.42 Å². The van der Waals surface area contributed by atoms with Gasteiger partial charge in [-0.2, -0.15) is 0 Å². The van der Waals surface area contributed by atoms with Gasteiger partial charge in [0.05, 0.1) is 30.5 Å². The van der Waals surface area contributed by atoms with Crippen molar-refractivity contribution in [3.63, 3.8) is 0 Å². The van der Waals surface area contributed by atoms with Gasteiger partial charge in [0.2, 0.25) is 5.91 Å². The number of amides is 1. The van der Waals surface area contributed by atoms with E-state index in [-0.39, 0.29) is 17.7 Å². The second kappa shape index (κ2) is 7.84. The monoisotopic (exact) mass is 409 g/mol. The Morgan fingerprint density at radius 2 is 2.00 bits per heavy atom. The van der Waals surface area contributed by atoms with Gasteiger partial charge in [-0.05, 0) is 18.2 Å². The predicted molar refractivity (Wildman–Crippen MR) is 109 cm³/mol. The summed E-state index contributed by atoms with van der Waals surface area (Å²) in [4.78, 5) is 29.5. The van der Waals surface area contributed by atoms with Crippen molar-refractivity contribution in [3.8, 4) is 11.3 Å². The number of thiazole rings is 1. The number of nitrogens with zero attached hydrogens (tertiary/aromatic N) is 2. The van der Waals surface area contributed by atoms with Crippen LogP contribution in [-0.2, 0) is 16.0 Å². The summed E-state index contributed by atoms with van der Waals surface area (Å²) in [6, 6.07) is 13.4. The van der Waals surface area contributed by atoms with Crippen molar-refractivity contribution in [3.05, 3.63) is 77.2 Å². The Morgan fingerprint density at radius 3 is 2.76 bits per heavy atom. The molecule has 0 aliphatic heterocycles. The number of rotatable bonds is 5. The highest BCUT2D eigenvalue weighted by molar-refractivity contribution is 7.15. The minimum atomic E-state index is -0.629. The maximum absolute atomic E-state index is 14.0. The normalized spacial score (nSPS) is 10.8. The fourth-order valence-corrected chi connectivity index (χ4v) is 3.80. The second-order valence-corrected chi connectivity index (χ2v) is 7.12. The van der Waals surface area contributed by atoms with Gasteiger partial charge >= 0.3 is 5.97 Å². The van der Waals surface area contributed by atoms with Crippen molar-refractivity contribution in [2.24, 2.45) is 0 Å². The molecule has 146 valence electrons. The van der Waals surface area contributed by atoms with Crippen molar-refractivity contribution in [2.75, 3.05) is 12.4 Å². The van der Waals surface area contributed by atoms with Crippen LogP contribution in [0.3, 0.4) is 0 Å². The topological polar surface area (TPSA) is 72.7 Å². The molecule has 2 aromatic carbocycles. The molecule has 2 heterocycles. The summed E-state index contributed by atoms with van der Waals surface area (Å²) in [7, 11) is 1.24. The van der Waals surface area contributed by atoms with Crippen LogP contribution in [0.5, 0.6) is 0 Å². The zero-order valence-electron chi connectivity index (χ0n) is 15.4. The lowest BCUT2D eigenvalue weighted by Crippen LogP contribution is -2.16. The van der Waals surface area contributed by atoms with Crippen molar-refractivity contribution in [1.29, 1.82) is 0 Å². The van der Waals surface area contributed by atoms with Crippen LogP contribution in [0, 0.1) is 5.82 Å². The molecule has 0 atom stereocenters. The van der Waals surface area contributed by atoms with E-state index < -0.39 is 17.7 Å². The fourth-order valence-electron chi connectivity index (χ4n) is 2.93. The number of carbonyl (C=O) groups is 2. The van der Waals surface area contributed by atoms with E-state index in [1.54, 1.807) is 0 Å². The first-order chi connectivity index (χ1) is 14.0. The Kier molecular flexibility index (Phi) is 5.09. The number of carbonyl (C=O) groups excluding carboxylic acids is 2. The Balaban J connectivity index is 1.54. The minimum Gasteiger partial charge on any atom is -0.465 e. The van der Waals surface area contributed by atoms with Crippen molar-refractivity contribution in [1.82, 2.24) is 9.38 Å². The summed E-state index contributed by atoms with van der Waals surface area (Å²) in [5.74, 6) is -1.64. The van der Waals surface area contributed by atoms with Gasteiger partial charge in [0.1, 0.15) is 5.82 Å². The zero-order chi connectivity index (χ0) is 20.4. The molecule has 0 radical (unpaired) electrons. The van der Waals surface area contributed by atoms with Gasteiger partial charge in [-0.3, -0.25) is 9.20 Å². The third-order valence-corrected chi connectivity index (χ3v) is 5.24. The lowest BCUT2D eigenvalue weighted by molar-refractivity contribution is -0.115. The molecule has 0 spiro atoms. The molecule has 0 aliphatic carbocycles. The molecule has 0 saturated heterocycles. The minimum absolute atomic E-state index is 0.0342. The zero-order valence-corrected chi connectivity index (χ0v) is 16.2. The molecule has 1 N–H and O–H groups in total. The summed E-state index contributed by atoms with van der Waals surface area (Å²) in [5, 5.41) is 4.37. The van der Waals surface area contributed by atoms with Gasteiger partial charge in [-0.1, -0.05) is 30.3 Å². The SMILES string of the molecule is COC(=O)c1ccc(F)c(NC(=O)Cc2csc3nc(-c4ccccc4)cn23)c1. The average molecular weight is 409 g/mol. The fraction of sp³-hybridized carbons (Fsp3) is 0.0952. The molecule has 2 aromatic heterocycles. The van der Waals surface area contributed by atoms with E-state index in [9.17, 15) is 14.0 Å². The molecule has 0 unspecified atom stereocenters. The first-order valence-electron chi connectivity index (χ1n) is 8.74. The maximum atomic E-state index is 14.0. The number of aromatic nitrogens is 2. The van der Waals surface area contributed by atoms with Crippen molar-refractivity contribution < 1.29 is 18.7 Å². The van der Waals surface area contributed by atoms with Gasteiger partial charge in [0.25, 0.3) is 0 Å². The number of imidazole rings is 1. The Morgan fingerprint density at radius 1 is 1.21 bits per heavy atom. The Bertz CT molecular complexity index is 1200. The van der Waals surface area contributed by atoms with Crippen LogP contribution in [0.2, 0.25) is 0 Å². The smallest absolute Gasteiger partial charge is 0.337 e. The summed E-state index contributed by atoms with van der Waals surface area (Å²) in [6.45, 7) is 0. The largest absolute Gasteiger partial charge is 0.465 e. The van der Waals surface area contributed by atoms with Crippen LogP contribution in [0.15, 0.2) is 60.1 Å². The van der Waals surface area contributed by atoms with Crippen LogP contribution in [0.25, 0.3) is 16.2 Å². The number of methoxy groups -OCH3 is 1. The molecular formula is C21H16FN3O3S. The van der Waals surface area contributed by atoms with Crippen molar-refractivity contribution >= 4 is 33.9 Å². The quantitative estimate of drug-likeness (QED) is 0.502. The van der Waals surface area contributed by atoms with Crippen LogP contribution in [0.4, 0.5) is 10.1 Å². The maximum Gasteiger partial charge on any atom is 0.337 e. The Hall–Kier alpha value is -3.52. The van der Waals surface area contributed by atoms with E-state index in [2.05, 4.69) is 15.0 Å². The molecule has 0 saturated carbocycles. The number of ether oxygens (including phenoxy) is 1. The highest BCUT2D eigenvalue weighted by Crippen LogP contribution is 2.24. The van der Waals surface area contributed by atoms with E-state index in [0.29, 0.717) is 0 Å². The number of esters is 1. The van der Waals surface area contributed by atoms with Gasteiger partial charge in [-0.25, -0.2) is 14.2 Å². The summed E-state index contributed by atoms with van der Waals surface area (Å²) < 4.78 is 20.5. The van der Waals surface area contributed by atoms with Crippen LogP contribution < -0.4 is 5.32 Å². The Labute approximate surface area is 169 Å². The standard InChI is InChI=1S/C21H16FN3O3S/c1-28-20(27)14-7-8-16(22)17(9-14)23-19(26)10-15-12-29-21-24-18(11-25(15)21)13-5-3-2-4-6-13/h2-9,11-12H,10H2,1H3,(H,23,26). The second-order valence-electron chi connectivity index (χ2n) is 6.28. The number of anilines is 1. The third kappa shape index (κ3) is 3.88. The van der Waals surface area contributed by atoms with E-state index in [4.69, 9.17) is 0 Å². The predicted octanol–water partition coefficient (Wildman–Crippen LogP) is 4.17. The summed E-state index contributed by atoms with van der Waals surface area (Å²) in [5.41, 5.74) is 2.63.